The molecule has 2 rings (SSSR count). The standard InChI is InChI=1S/C22H32N2O8/c1-13(2)21(26)31-12-30-19-17(28-5)8-9-23-18(19)20(25)24-15(4)22(27)32-14(3)10-29-11-16-6-7-16/h8-9,13-16H,6-7,10-12H2,1-5H3,(H,24,25)/t14-,15-/m0/s1. The van der Waals surface area contributed by atoms with Crippen LogP contribution in [0.5, 0.6) is 11.5 Å². The summed E-state index contributed by atoms with van der Waals surface area (Å²) >= 11 is 0. The van der Waals surface area contributed by atoms with Gasteiger partial charge in [0.25, 0.3) is 5.91 Å². The summed E-state index contributed by atoms with van der Waals surface area (Å²) in [6.45, 7) is 7.16. The molecule has 0 spiro atoms. The van der Waals surface area contributed by atoms with Crippen LogP contribution in [-0.4, -0.2) is 62.1 Å². The Morgan fingerprint density at radius 2 is 1.88 bits per heavy atom. The molecule has 1 aliphatic carbocycles. The smallest absolute Gasteiger partial charge is 0.328 e. The number of pyridine rings is 1. The SMILES string of the molecule is COc1ccnc(C(=O)N[C@@H](C)C(=O)O[C@@H](C)COCC2CC2)c1OCOC(=O)C(C)C. The Morgan fingerprint density at radius 3 is 2.50 bits per heavy atom. The number of hydrogen-bond donors (Lipinski definition) is 1. The molecule has 1 amide bonds. The number of carbonyl (C=O) groups excluding carboxylic acids is 3. The van der Waals surface area contributed by atoms with Crippen molar-refractivity contribution in [2.24, 2.45) is 11.8 Å². The van der Waals surface area contributed by atoms with Crippen LogP contribution in [0, 0.1) is 11.8 Å². The minimum atomic E-state index is -0.937. The summed E-state index contributed by atoms with van der Waals surface area (Å²) in [5, 5.41) is 2.53. The van der Waals surface area contributed by atoms with Gasteiger partial charge in [-0.15, -0.1) is 0 Å². The first-order valence-corrected chi connectivity index (χ1v) is 10.6. The third-order valence-electron chi connectivity index (χ3n) is 4.60. The number of methoxy groups -OCH3 is 1. The first-order chi connectivity index (χ1) is 15.2. The van der Waals surface area contributed by atoms with Crippen LogP contribution >= 0.6 is 0 Å². The van der Waals surface area contributed by atoms with Crippen molar-refractivity contribution >= 4 is 17.8 Å². The topological polar surface area (TPSA) is 122 Å². The van der Waals surface area contributed by atoms with E-state index in [1.807, 2.05) is 0 Å². The summed E-state index contributed by atoms with van der Waals surface area (Å²) in [4.78, 5) is 40.7. The quantitative estimate of drug-likeness (QED) is 0.354. The molecule has 0 saturated heterocycles. The van der Waals surface area contributed by atoms with E-state index in [0.29, 0.717) is 19.1 Å². The summed E-state index contributed by atoms with van der Waals surface area (Å²) in [7, 11) is 1.40. The van der Waals surface area contributed by atoms with E-state index in [2.05, 4.69) is 10.3 Å². The van der Waals surface area contributed by atoms with Gasteiger partial charge in [0, 0.05) is 18.9 Å². The van der Waals surface area contributed by atoms with Crippen molar-refractivity contribution in [2.45, 2.75) is 52.7 Å². The highest BCUT2D eigenvalue weighted by Gasteiger charge is 2.26. The molecule has 0 radical (unpaired) electrons. The van der Waals surface area contributed by atoms with E-state index < -0.39 is 36.8 Å². The zero-order valence-electron chi connectivity index (χ0n) is 19.2. The molecule has 1 saturated carbocycles. The Balaban J connectivity index is 1.93. The third kappa shape index (κ3) is 7.99. The number of esters is 2. The Labute approximate surface area is 187 Å². The summed E-state index contributed by atoms with van der Waals surface area (Å²) in [5.41, 5.74) is -0.120. The minimum Gasteiger partial charge on any atom is -0.493 e. The average molecular weight is 453 g/mol. The number of nitrogens with one attached hydrogen (secondary N) is 1. The van der Waals surface area contributed by atoms with Crippen LogP contribution in [-0.2, 0) is 23.8 Å². The number of ether oxygens (including phenoxy) is 5. The van der Waals surface area contributed by atoms with Crippen LogP contribution in [0.4, 0.5) is 0 Å². The van der Waals surface area contributed by atoms with Crippen molar-refractivity contribution in [3.8, 4) is 11.5 Å². The molecular weight excluding hydrogens is 420 g/mol. The molecule has 1 aromatic rings. The number of nitrogens with zero attached hydrogens (tertiary/aromatic N) is 1. The van der Waals surface area contributed by atoms with Gasteiger partial charge in [-0.25, -0.2) is 9.78 Å². The van der Waals surface area contributed by atoms with Crippen molar-refractivity contribution < 1.29 is 38.1 Å². The second-order valence-corrected chi connectivity index (χ2v) is 7.99. The highest BCUT2D eigenvalue weighted by molar-refractivity contribution is 5.98. The monoisotopic (exact) mass is 452 g/mol. The zero-order valence-corrected chi connectivity index (χ0v) is 19.2. The van der Waals surface area contributed by atoms with Crippen molar-refractivity contribution in [2.75, 3.05) is 27.1 Å². The lowest BCUT2D eigenvalue weighted by atomic mass is 10.2. The summed E-state index contributed by atoms with van der Waals surface area (Å²) < 4.78 is 26.5. The Hall–Kier alpha value is -2.88. The minimum absolute atomic E-state index is 0.00790. The second kappa shape index (κ2) is 12.2. The van der Waals surface area contributed by atoms with Gasteiger partial charge in [-0.05, 0) is 32.6 Å². The summed E-state index contributed by atoms with van der Waals surface area (Å²) in [6.07, 6.45) is 3.29. The van der Waals surface area contributed by atoms with Gasteiger partial charge in [0.1, 0.15) is 12.1 Å². The lowest BCUT2D eigenvalue weighted by molar-refractivity contribution is -0.154. The van der Waals surface area contributed by atoms with Gasteiger partial charge in [0.05, 0.1) is 19.6 Å². The molecule has 1 aromatic heterocycles. The zero-order chi connectivity index (χ0) is 23.7. The molecule has 0 bridgehead atoms. The van der Waals surface area contributed by atoms with Crippen molar-refractivity contribution in [1.82, 2.24) is 10.3 Å². The predicted molar refractivity (Wildman–Crippen MR) is 113 cm³/mol. The number of aromatic nitrogens is 1. The molecule has 1 heterocycles. The number of hydrogen-bond acceptors (Lipinski definition) is 9. The third-order valence-corrected chi connectivity index (χ3v) is 4.60. The lowest BCUT2D eigenvalue weighted by Gasteiger charge is -2.19. The van der Waals surface area contributed by atoms with Crippen molar-refractivity contribution in [3.05, 3.63) is 18.0 Å². The normalized spacial score (nSPS) is 14.9. The molecule has 2 atom stereocenters. The van der Waals surface area contributed by atoms with E-state index in [-0.39, 0.29) is 23.1 Å². The van der Waals surface area contributed by atoms with Crippen LogP contribution in [0.25, 0.3) is 0 Å². The molecule has 0 aromatic carbocycles. The van der Waals surface area contributed by atoms with Crippen LogP contribution in [0.3, 0.4) is 0 Å². The van der Waals surface area contributed by atoms with Crippen LogP contribution in [0.2, 0.25) is 0 Å². The fraction of sp³-hybridized carbons (Fsp3) is 0.636. The first kappa shape index (κ1) is 25.4. The van der Waals surface area contributed by atoms with E-state index in [1.54, 1.807) is 20.8 Å². The van der Waals surface area contributed by atoms with Crippen LogP contribution < -0.4 is 14.8 Å². The van der Waals surface area contributed by atoms with Gasteiger partial charge >= 0.3 is 11.9 Å². The van der Waals surface area contributed by atoms with E-state index in [9.17, 15) is 14.4 Å². The molecule has 0 aliphatic heterocycles. The molecule has 32 heavy (non-hydrogen) atoms. The number of amides is 1. The Kier molecular flexibility index (Phi) is 9.70. The molecule has 1 aliphatic rings. The molecular formula is C22H32N2O8. The van der Waals surface area contributed by atoms with E-state index in [1.165, 1.54) is 39.1 Å². The second-order valence-electron chi connectivity index (χ2n) is 7.99. The Morgan fingerprint density at radius 1 is 1.16 bits per heavy atom. The molecule has 1 N–H and O–H groups in total. The van der Waals surface area contributed by atoms with E-state index in [0.717, 1.165) is 0 Å². The van der Waals surface area contributed by atoms with E-state index >= 15 is 0 Å². The average Bonchev–Trinajstić information content (AvgIpc) is 3.57. The summed E-state index contributed by atoms with van der Waals surface area (Å²) in [5.74, 6) is -1.21. The highest BCUT2D eigenvalue weighted by atomic mass is 16.7. The summed E-state index contributed by atoms with van der Waals surface area (Å²) in [6, 6.07) is 0.560. The van der Waals surface area contributed by atoms with Crippen molar-refractivity contribution in [1.29, 1.82) is 0 Å². The van der Waals surface area contributed by atoms with Gasteiger partial charge in [0.2, 0.25) is 6.79 Å². The molecule has 178 valence electrons. The largest absolute Gasteiger partial charge is 0.493 e. The van der Waals surface area contributed by atoms with Crippen LogP contribution in [0.1, 0.15) is 51.0 Å². The van der Waals surface area contributed by atoms with Gasteiger partial charge in [-0.3, -0.25) is 9.59 Å². The maximum Gasteiger partial charge on any atom is 0.328 e. The number of rotatable bonds is 13. The lowest BCUT2D eigenvalue weighted by Crippen LogP contribution is -2.41. The highest BCUT2D eigenvalue weighted by Crippen LogP contribution is 2.30. The molecule has 0 unspecified atom stereocenters. The van der Waals surface area contributed by atoms with Gasteiger partial charge in [-0.2, -0.15) is 0 Å². The molecule has 10 nitrogen and oxygen atoms in total. The molecule has 10 heteroatoms. The van der Waals surface area contributed by atoms with Gasteiger partial charge in [0.15, 0.2) is 17.2 Å². The van der Waals surface area contributed by atoms with Gasteiger partial charge < -0.3 is 29.0 Å². The van der Waals surface area contributed by atoms with E-state index in [4.69, 9.17) is 23.7 Å². The fourth-order valence-corrected chi connectivity index (χ4v) is 2.55. The Bertz CT molecular complexity index is 794. The number of carbonyl (C=O) groups is 3. The first-order valence-electron chi connectivity index (χ1n) is 10.6. The maximum absolute atomic E-state index is 12.7. The van der Waals surface area contributed by atoms with Crippen molar-refractivity contribution in [3.63, 3.8) is 0 Å². The van der Waals surface area contributed by atoms with Gasteiger partial charge in [-0.1, -0.05) is 13.8 Å². The fourth-order valence-electron chi connectivity index (χ4n) is 2.55. The predicted octanol–water partition coefficient (Wildman–Crippen LogP) is 2.10. The molecule has 1 fully saturated rings. The van der Waals surface area contributed by atoms with Crippen LogP contribution in [0.15, 0.2) is 12.3 Å². The maximum atomic E-state index is 12.7.